The van der Waals surface area contributed by atoms with E-state index in [0.29, 0.717) is 11.8 Å². The highest BCUT2D eigenvalue weighted by atomic mass is 79.9. The second-order valence-corrected chi connectivity index (χ2v) is 3.66. The molecule has 1 aromatic carbocycles. The zero-order valence-electron chi connectivity index (χ0n) is 7.50. The fraction of sp³-hybridized carbons (Fsp3) is 0.182. The first-order valence-corrected chi connectivity index (χ1v) is 5.46. The Bertz CT molecular complexity index is 396. The number of carbonyl (C=O) groups is 1. The molecule has 1 aliphatic heterocycles. The Balaban J connectivity index is 2.25. The molecule has 2 nitrogen and oxygen atoms in total. The zero-order valence-corrected chi connectivity index (χ0v) is 9.08. The molecule has 0 bridgehead atoms. The van der Waals surface area contributed by atoms with Crippen molar-refractivity contribution in [2.75, 3.05) is 5.33 Å². The SMILES string of the molecule is O=C(CBr)C1=COc2ccccc2C1. The third kappa shape index (κ3) is 1.73. The summed E-state index contributed by atoms with van der Waals surface area (Å²) in [5, 5.41) is 0.352. The molecule has 1 heterocycles. The average molecular weight is 253 g/mol. The van der Waals surface area contributed by atoms with Crippen molar-refractivity contribution in [3.63, 3.8) is 0 Å². The van der Waals surface area contributed by atoms with Crippen LogP contribution < -0.4 is 4.74 Å². The third-order valence-corrected chi connectivity index (χ3v) is 2.67. The highest BCUT2D eigenvalue weighted by Crippen LogP contribution is 2.26. The highest BCUT2D eigenvalue weighted by molar-refractivity contribution is 9.09. The van der Waals surface area contributed by atoms with E-state index in [1.54, 1.807) is 6.26 Å². The predicted molar refractivity (Wildman–Crippen MR) is 57.7 cm³/mol. The molecule has 14 heavy (non-hydrogen) atoms. The Morgan fingerprint density at radius 2 is 2.21 bits per heavy atom. The van der Waals surface area contributed by atoms with Gasteiger partial charge >= 0.3 is 0 Å². The average Bonchev–Trinajstić information content (AvgIpc) is 2.27. The molecular formula is C11H9BrO2. The number of ether oxygens (including phenoxy) is 1. The largest absolute Gasteiger partial charge is 0.464 e. The maximum Gasteiger partial charge on any atom is 0.172 e. The fourth-order valence-corrected chi connectivity index (χ4v) is 1.76. The monoisotopic (exact) mass is 252 g/mol. The second-order valence-electron chi connectivity index (χ2n) is 3.10. The van der Waals surface area contributed by atoms with E-state index in [1.807, 2.05) is 24.3 Å². The third-order valence-electron chi connectivity index (χ3n) is 2.16. The first kappa shape index (κ1) is 9.46. The van der Waals surface area contributed by atoms with Crippen molar-refractivity contribution in [2.45, 2.75) is 6.42 Å². The molecule has 0 aliphatic carbocycles. The first-order valence-electron chi connectivity index (χ1n) is 4.34. The number of halogens is 1. The zero-order chi connectivity index (χ0) is 9.97. The minimum atomic E-state index is 0.0829. The summed E-state index contributed by atoms with van der Waals surface area (Å²) in [5.41, 5.74) is 1.79. The van der Waals surface area contributed by atoms with Crippen LogP contribution in [0.5, 0.6) is 5.75 Å². The number of Topliss-reactive ketones (excluding diaryl/α,β-unsaturated/α-hetero) is 1. The van der Waals surface area contributed by atoms with Crippen LogP contribution in [0.4, 0.5) is 0 Å². The molecule has 1 aromatic rings. The van der Waals surface area contributed by atoms with Gasteiger partial charge in [-0.2, -0.15) is 0 Å². The van der Waals surface area contributed by atoms with Crippen molar-refractivity contribution in [1.29, 1.82) is 0 Å². The van der Waals surface area contributed by atoms with E-state index in [2.05, 4.69) is 15.9 Å². The number of rotatable bonds is 2. The van der Waals surface area contributed by atoms with E-state index in [-0.39, 0.29) is 5.78 Å². The van der Waals surface area contributed by atoms with E-state index in [9.17, 15) is 4.79 Å². The number of hydrogen-bond acceptors (Lipinski definition) is 2. The summed E-state index contributed by atoms with van der Waals surface area (Å²) < 4.78 is 5.36. The van der Waals surface area contributed by atoms with Crippen LogP contribution in [0.1, 0.15) is 5.56 Å². The molecule has 0 N–H and O–H groups in total. The number of benzene rings is 1. The van der Waals surface area contributed by atoms with Crippen LogP contribution in [0.3, 0.4) is 0 Å². The Hall–Kier alpha value is -1.09. The van der Waals surface area contributed by atoms with Crippen LogP contribution in [-0.2, 0) is 11.2 Å². The smallest absolute Gasteiger partial charge is 0.172 e. The summed E-state index contributed by atoms with van der Waals surface area (Å²) in [6.07, 6.45) is 2.21. The standard InChI is InChI=1S/C11H9BrO2/c12-6-10(13)9-5-8-3-1-2-4-11(8)14-7-9/h1-4,7H,5-6H2. The van der Waals surface area contributed by atoms with E-state index in [0.717, 1.165) is 16.9 Å². The van der Waals surface area contributed by atoms with Gasteiger partial charge in [0.1, 0.15) is 5.75 Å². The molecule has 0 fully saturated rings. The molecule has 0 amide bonds. The van der Waals surface area contributed by atoms with Crippen molar-refractivity contribution in [1.82, 2.24) is 0 Å². The fourth-order valence-electron chi connectivity index (χ4n) is 1.40. The lowest BCUT2D eigenvalue weighted by molar-refractivity contribution is -0.113. The van der Waals surface area contributed by atoms with Crippen LogP contribution >= 0.6 is 15.9 Å². The molecular weight excluding hydrogens is 244 g/mol. The Kier molecular flexibility index (Phi) is 2.68. The number of alkyl halides is 1. The van der Waals surface area contributed by atoms with Crippen molar-refractivity contribution >= 4 is 21.7 Å². The summed E-state index contributed by atoms with van der Waals surface area (Å²) in [5.74, 6) is 0.929. The van der Waals surface area contributed by atoms with Crippen molar-refractivity contribution < 1.29 is 9.53 Å². The summed E-state index contributed by atoms with van der Waals surface area (Å²) in [4.78, 5) is 11.4. The molecule has 0 saturated heterocycles. The summed E-state index contributed by atoms with van der Waals surface area (Å²) in [7, 11) is 0. The van der Waals surface area contributed by atoms with Gasteiger partial charge in [-0.25, -0.2) is 0 Å². The lowest BCUT2D eigenvalue weighted by atomic mass is 10.0. The van der Waals surface area contributed by atoms with Gasteiger partial charge in [0.25, 0.3) is 0 Å². The van der Waals surface area contributed by atoms with Gasteiger partial charge < -0.3 is 4.74 Å². The molecule has 1 aliphatic rings. The number of carbonyl (C=O) groups excluding carboxylic acids is 1. The lowest BCUT2D eigenvalue weighted by Crippen LogP contribution is -2.12. The van der Waals surface area contributed by atoms with Gasteiger partial charge in [0, 0.05) is 12.0 Å². The Morgan fingerprint density at radius 1 is 1.43 bits per heavy atom. The van der Waals surface area contributed by atoms with Crippen LogP contribution in [-0.4, -0.2) is 11.1 Å². The quantitative estimate of drug-likeness (QED) is 0.757. The second kappa shape index (κ2) is 3.96. The molecule has 0 unspecified atom stereocenters. The van der Waals surface area contributed by atoms with Gasteiger partial charge in [0.2, 0.25) is 0 Å². The van der Waals surface area contributed by atoms with Crippen molar-refractivity contribution in [3.05, 3.63) is 41.7 Å². The van der Waals surface area contributed by atoms with Crippen LogP contribution in [0.25, 0.3) is 0 Å². The first-order chi connectivity index (χ1) is 6.81. The van der Waals surface area contributed by atoms with Gasteiger partial charge in [-0.15, -0.1) is 0 Å². The minimum absolute atomic E-state index is 0.0829. The topological polar surface area (TPSA) is 26.3 Å². The molecule has 2 rings (SSSR count). The van der Waals surface area contributed by atoms with Crippen LogP contribution in [0, 0.1) is 0 Å². The normalized spacial score (nSPS) is 13.9. The maximum atomic E-state index is 11.4. The number of allylic oxidation sites excluding steroid dienone is 1. The van der Waals surface area contributed by atoms with Gasteiger partial charge in [0.05, 0.1) is 11.6 Å². The molecule has 3 heteroatoms. The van der Waals surface area contributed by atoms with Crippen molar-refractivity contribution in [3.8, 4) is 5.75 Å². The summed E-state index contributed by atoms with van der Waals surface area (Å²) in [6.45, 7) is 0. The number of fused-ring (bicyclic) bond motifs is 1. The van der Waals surface area contributed by atoms with Gasteiger partial charge in [-0.1, -0.05) is 34.1 Å². The number of para-hydroxylation sites is 1. The maximum absolute atomic E-state index is 11.4. The van der Waals surface area contributed by atoms with Crippen LogP contribution in [0.15, 0.2) is 36.1 Å². The number of hydrogen-bond donors (Lipinski definition) is 0. The van der Waals surface area contributed by atoms with E-state index < -0.39 is 0 Å². The van der Waals surface area contributed by atoms with Crippen molar-refractivity contribution in [2.24, 2.45) is 0 Å². The van der Waals surface area contributed by atoms with Gasteiger partial charge in [0.15, 0.2) is 5.78 Å². The summed E-state index contributed by atoms with van der Waals surface area (Å²) in [6, 6.07) is 7.75. The van der Waals surface area contributed by atoms with E-state index in [4.69, 9.17) is 4.74 Å². The van der Waals surface area contributed by atoms with Gasteiger partial charge in [-0.3, -0.25) is 4.79 Å². The Labute approximate surface area is 90.7 Å². The molecule has 0 radical (unpaired) electrons. The molecule has 0 spiro atoms. The molecule has 0 atom stereocenters. The summed E-state index contributed by atoms with van der Waals surface area (Å²) >= 11 is 3.14. The minimum Gasteiger partial charge on any atom is -0.464 e. The highest BCUT2D eigenvalue weighted by Gasteiger charge is 2.16. The molecule has 72 valence electrons. The lowest BCUT2D eigenvalue weighted by Gasteiger charge is -2.15. The van der Waals surface area contributed by atoms with Crippen LogP contribution in [0.2, 0.25) is 0 Å². The Morgan fingerprint density at radius 3 is 3.00 bits per heavy atom. The predicted octanol–water partition coefficient (Wildman–Crippen LogP) is 2.47. The van der Waals surface area contributed by atoms with E-state index in [1.165, 1.54) is 0 Å². The molecule has 0 aromatic heterocycles. The number of ketones is 1. The van der Waals surface area contributed by atoms with Gasteiger partial charge in [-0.05, 0) is 11.6 Å². The molecule has 0 saturated carbocycles. The van der Waals surface area contributed by atoms with E-state index >= 15 is 0 Å².